The number of alkyl halides is 6. The Labute approximate surface area is 191 Å². The smallest absolute Gasteiger partial charge is 0.423 e. The molecule has 0 saturated carbocycles. The van der Waals surface area contributed by atoms with Crippen LogP contribution in [0.2, 0.25) is 0 Å². The third-order valence-electron chi connectivity index (χ3n) is 3.94. The van der Waals surface area contributed by atoms with Gasteiger partial charge < -0.3 is 20.1 Å². The van der Waals surface area contributed by atoms with Gasteiger partial charge >= 0.3 is 18.4 Å². The van der Waals surface area contributed by atoms with Gasteiger partial charge in [-0.05, 0) is 45.7 Å². The Bertz CT molecular complexity index is 811. The van der Waals surface area contributed by atoms with Crippen molar-refractivity contribution in [2.75, 3.05) is 13.2 Å². The molecular weight excluding hydrogens is 476 g/mol. The van der Waals surface area contributed by atoms with Gasteiger partial charge in [0.2, 0.25) is 6.10 Å². The van der Waals surface area contributed by atoms with Crippen LogP contribution < -0.4 is 10.6 Å². The lowest BCUT2D eigenvalue weighted by Crippen LogP contribution is -2.48. The number of hydrogen-bond acceptors (Lipinski definition) is 6. The highest BCUT2D eigenvalue weighted by Crippen LogP contribution is 2.35. The second-order valence-corrected chi connectivity index (χ2v) is 8.08. The Morgan fingerprint density at radius 1 is 1.06 bits per heavy atom. The lowest BCUT2D eigenvalue weighted by atomic mass is 10.1. The maximum absolute atomic E-state index is 12.7. The number of hydrogen-bond donors (Lipinski definition) is 2. The van der Waals surface area contributed by atoms with E-state index in [1.165, 1.54) is 18.3 Å². The van der Waals surface area contributed by atoms with E-state index in [1.54, 1.807) is 20.8 Å². The molecule has 1 heterocycles. The molecule has 0 aliphatic rings. The zero-order valence-electron chi connectivity index (χ0n) is 18.5. The van der Waals surface area contributed by atoms with Gasteiger partial charge in [0.1, 0.15) is 12.2 Å². The first-order chi connectivity index (χ1) is 15.5. The van der Waals surface area contributed by atoms with Crippen LogP contribution in [0.1, 0.15) is 44.0 Å². The standard InChI is InChI=1S/C20H25F6N3O5/c1-18(2,3)34-17(32)28-9-5-7-13(29-15(31)12-6-4-8-27-10-12)14(30)11-33-16(19(21,22)23)20(24,25)26/h4,6,8,10,13,16H,5,7,9,11H2,1-3H3,(H,28,32)(H,29,31). The van der Waals surface area contributed by atoms with Crippen molar-refractivity contribution in [2.24, 2.45) is 0 Å². The van der Waals surface area contributed by atoms with Crippen LogP contribution in [0, 0.1) is 0 Å². The summed E-state index contributed by atoms with van der Waals surface area (Å²) < 4.78 is 84.8. The number of rotatable bonds is 10. The molecule has 0 aromatic carbocycles. The number of amides is 2. The molecule has 192 valence electrons. The molecule has 0 bridgehead atoms. The summed E-state index contributed by atoms with van der Waals surface area (Å²) in [4.78, 5) is 40.1. The Kier molecular flexibility index (Phi) is 10.3. The molecule has 2 amide bonds. The number of carbonyl (C=O) groups excluding carboxylic acids is 3. The Hall–Kier alpha value is -2.90. The van der Waals surface area contributed by atoms with E-state index in [1.807, 2.05) is 0 Å². The van der Waals surface area contributed by atoms with Crippen LogP contribution in [0.3, 0.4) is 0 Å². The summed E-state index contributed by atoms with van der Waals surface area (Å²) in [6, 6.07) is 1.26. The predicted molar refractivity (Wildman–Crippen MR) is 106 cm³/mol. The van der Waals surface area contributed by atoms with Gasteiger partial charge in [0, 0.05) is 18.9 Å². The van der Waals surface area contributed by atoms with Gasteiger partial charge in [-0.1, -0.05) is 0 Å². The summed E-state index contributed by atoms with van der Waals surface area (Å²) >= 11 is 0. The average molecular weight is 501 g/mol. The van der Waals surface area contributed by atoms with Crippen LogP contribution in [0.5, 0.6) is 0 Å². The van der Waals surface area contributed by atoms with E-state index in [4.69, 9.17) is 4.74 Å². The molecule has 0 aliphatic carbocycles. The third kappa shape index (κ3) is 10.8. The van der Waals surface area contributed by atoms with Crippen molar-refractivity contribution < 1.29 is 50.2 Å². The molecule has 0 radical (unpaired) electrons. The van der Waals surface area contributed by atoms with Crippen molar-refractivity contribution in [3.63, 3.8) is 0 Å². The molecule has 8 nitrogen and oxygen atoms in total. The van der Waals surface area contributed by atoms with E-state index in [-0.39, 0.29) is 24.9 Å². The van der Waals surface area contributed by atoms with Crippen LogP contribution in [0.25, 0.3) is 0 Å². The van der Waals surface area contributed by atoms with Crippen LogP contribution in [0.15, 0.2) is 24.5 Å². The van der Waals surface area contributed by atoms with Crippen molar-refractivity contribution in [1.82, 2.24) is 15.6 Å². The molecule has 1 rings (SSSR count). The molecule has 1 aromatic heterocycles. The Morgan fingerprint density at radius 2 is 1.68 bits per heavy atom. The molecule has 34 heavy (non-hydrogen) atoms. The van der Waals surface area contributed by atoms with Crippen LogP contribution >= 0.6 is 0 Å². The maximum Gasteiger partial charge on any atom is 0.423 e. The topological polar surface area (TPSA) is 107 Å². The summed E-state index contributed by atoms with van der Waals surface area (Å²) in [7, 11) is 0. The highest BCUT2D eigenvalue weighted by atomic mass is 19.4. The number of ether oxygens (including phenoxy) is 2. The van der Waals surface area contributed by atoms with Crippen molar-refractivity contribution in [3.05, 3.63) is 30.1 Å². The quantitative estimate of drug-likeness (QED) is 0.375. The number of nitrogens with zero attached hydrogens (tertiary/aromatic N) is 1. The van der Waals surface area contributed by atoms with E-state index in [0.717, 1.165) is 6.20 Å². The number of pyridine rings is 1. The molecule has 1 aromatic rings. The molecule has 1 unspecified atom stereocenters. The van der Waals surface area contributed by atoms with Crippen molar-refractivity contribution in [3.8, 4) is 0 Å². The molecule has 0 spiro atoms. The highest BCUT2D eigenvalue weighted by molar-refractivity contribution is 5.97. The van der Waals surface area contributed by atoms with Gasteiger partial charge in [0.25, 0.3) is 5.91 Å². The molecule has 1 atom stereocenters. The number of halogens is 6. The van der Waals surface area contributed by atoms with Crippen LogP contribution in [0.4, 0.5) is 31.1 Å². The maximum atomic E-state index is 12.7. The molecular formula is C20H25F6N3O5. The summed E-state index contributed by atoms with van der Waals surface area (Å²) in [5.74, 6) is -2.04. The SMILES string of the molecule is CC(C)(C)OC(=O)NCCCC(NC(=O)c1cccnc1)C(=O)COC(C(F)(F)F)C(F)(F)F. The molecule has 14 heteroatoms. The zero-order chi connectivity index (χ0) is 26.2. The minimum Gasteiger partial charge on any atom is -0.444 e. The second kappa shape index (κ2) is 12.0. The van der Waals surface area contributed by atoms with Gasteiger partial charge in [-0.2, -0.15) is 26.3 Å². The fourth-order valence-electron chi connectivity index (χ4n) is 2.50. The van der Waals surface area contributed by atoms with Gasteiger partial charge in [0.05, 0.1) is 11.6 Å². The summed E-state index contributed by atoms with van der Waals surface area (Å²) in [6.45, 7) is 3.29. The van der Waals surface area contributed by atoms with Crippen LogP contribution in [-0.2, 0) is 14.3 Å². The largest absolute Gasteiger partial charge is 0.444 e. The average Bonchev–Trinajstić information content (AvgIpc) is 2.67. The minimum absolute atomic E-state index is 0.0107. The number of carbonyl (C=O) groups is 3. The number of nitrogens with one attached hydrogen (secondary N) is 2. The van der Waals surface area contributed by atoms with Gasteiger partial charge in [-0.3, -0.25) is 14.6 Å². The van der Waals surface area contributed by atoms with Crippen LogP contribution in [-0.4, -0.2) is 66.0 Å². The summed E-state index contributed by atoms with van der Waals surface area (Å²) in [6.07, 6.45) is -14.2. The first-order valence-corrected chi connectivity index (χ1v) is 9.96. The molecule has 0 aliphatic heterocycles. The summed E-state index contributed by atoms with van der Waals surface area (Å²) in [5, 5.41) is 4.63. The summed E-state index contributed by atoms with van der Waals surface area (Å²) in [5.41, 5.74) is -0.762. The van der Waals surface area contributed by atoms with Gasteiger partial charge in [-0.15, -0.1) is 0 Å². The highest BCUT2D eigenvalue weighted by Gasteiger charge is 2.58. The van der Waals surface area contributed by atoms with Gasteiger partial charge in [-0.25, -0.2) is 4.79 Å². The number of Topliss-reactive ketones (excluding diaryl/α,β-unsaturated/α-hetero) is 1. The fraction of sp³-hybridized carbons (Fsp3) is 0.600. The van der Waals surface area contributed by atoms with E-state index < -0.39 is 54.5 Å². The number of aromatic nitrogens is 1. The molecule has 0 fully saturated rings. The van der Waals surface area contributed by atoms with Crippen molar-refractivity contribution >= 4 is 17.8 Å². The van der Waals surface area contributed by atoms with E-state index in [9.17, 15) is 40.7 Å². The van der Waals surface area contributed by atoms with E-state index in [0.29, 0.717) is 0 Å². The Balaban J connectivity index is 2.82. The first kappa shape index (κ1) is 29.1. The second-order valence-electron chi connectivity index (χ2n) is 8.08. The van der Waals surface area contributed by atoms with Crippen molar-refractivity contribution in [2.45, 2.75) is 63.7 Å². The van der Waals surface area contributed by atoms with Crippen molar-refractivity contribution in [1.29, 1.82) is 0 Å². The minimum atomic E-state index is -5.79. The van der Waals surface area contributed by atoms with E-state index >= 15 is 0 Å². The number of ketones is 1. The van der Waals surface area contributed by atoms with Gasteiger partial charge in [0.15, 0.2) is 5.78 Å². The van der Waals surface area contributed by atoms with E-state index in [2.05, 4.69) is 20.4 Å². The lowest BCUT2D eigenvalue weighted by molar-refractivity contribution is -0.319. The third-order valence-corrected chi connectivity index (χ3v) is 3.94. The lowest BCUT2D eigenvalue weighted by Gasteiger charge is -2.24. The molecule has 2 N–H and O–H groups in total. The molecule has 0 saturated heterocycles. The Morgan fingerprint density at radius 3 is 2.18 bits per heavy atom. The first-order valence-electron chi connectivity index (χ1n) is 9.96. The zero-order valence-corrected chi connectivity index (χ0v) is 18.5. The normalized spacial score (nSPS) is 13.4. The fourth-order valence-corrected chi connectivity index (χ4v) is 2.50. The predicted octanol–water partition coefficient (Wildman–Crippen LogP) is 3.56. The monoisotopic (exact) mass is 501 g/mol. The number of alkyl carbamates (subject to hydrolysis) is 1.